The van der Waals surface area contributed by atoms with Crippen LogP contribution in [0.15, 0.2) is 42.6 Å². The number of halogens is 1. The highest BCUT2D eigenvalue weighted by molar-refractivity contribution is 6.30. The second kappa shape index (κ2) is 7.21. The largest absolute Gasteiger partial charge is 0.384 e. The predicted molar refractivity (Wildman–Crippen MR) is 111 cm³/mol. The first-order valence-corrected chi connectivity index (χ1v) is 9.41. The molecule has 2 aromatic heterocycles. The van der Waals surface area contributed by atoms with Gasteiger partial charge in [0, 0.05) is 28.5 Å². The maximum absolute atomic E-state index is 13.2. The first-order chi connectivity index (χ1) is 13.8. The Hall–Kier alpha value is -3.39. The first kappa shape index (κ1) is 18.9. The molecule has 3 heterocycles. The molecule has 0 saturated heterocycles. The lowest BCUT2D eigenvalue weighted by Crippen LogP contribution is -2.43. The monoisotopic (exact) mass is 410 g/mol. The van der Waals surface area contributed by atoms with Crippen LogP contribution < -0.4 is 16.0 Å². The number of hydrogen-bond donors (Lipinski definition) is 2. The fourth-order valence-corrected chi connectivity index (χ4v) is 3.54. The summed E-state index contributed by atoms with van der Waals surface area (Å²) < 4.78 is 1.64. The summed E-state index contributed by atoms with van der Waals surface area (Å²) in [5.74, 6) is -0.378. The molecule has 4 rings (SSSR count). The van der Waals surface area contributed by atoms with Gasteiger partial charge in [0.1, 0.15) is 5.82 Å². The van der Waals surface area contributed by atoms with Crippen molar-refractivity contribution in [2.24, 2.45) is 0 Å². The first-order valence-electron chi connectivity index (χ1n) is 9.04. The average Bonchev–Trinajstić information content (AvgIpc) is 3.09. The predicted octanol–water partition coefficient (Wildman–Crippen LogP) is 3.30. The van der Waals surface area contributed by atoms with Gasteiger partial charge in [-0.2, -0.15) is 5.10 Å². The van der Waals surface area contributed by atoms with E-state index in [0.29, 0.717) is 34.2 Å². The Balaban J connectivity index is 1.66. The molecule has 2 amide bonds. The molecule has 1 aliphatic heterocycles. The fraction of sp³-hybridized carbons (Fsp3) is 0.200. The Morgan fingerprint density at radius 2 is 2.00 bits per heavy atom. The number of carbonyl (C=O) groups excluding carboxylic acids is 2. The lowest BCUT2D eigenvalue weighted by atomic mass is 10.1. The van der Waals surface area contributed by atoms with E-state index in [2.05, 4.69) is 15.4 Å². The van der Waals surface area contributed by atoms with E-state index < -0.39 is 0 Å². The van der Waals surface area contributed by atoms with Crippen LogP contribution in [0.1, 0.15) is 39.5 Å². The van der Waals surface area contributed by atoms with E-state index in [9.17, 15) is 9.59 Å². The number of nitrogens with one attached hydrogen (secondary N) is 1. The third kappa shape index (κ3) is 3.54. The molecule has 1 atom stereocenters. The van der Waals surface area contributed by atoms with Gasteiger partial charge >= 0.3 is 0 Å². The molecule has 0 aliphatic carbocycles. The van der Waals surface area contributed by atoms with Crippen molar-refractivity contribution in [1.29, 1.82) is 0 Å². The van der Waals surface area contributed by atoms with Gasteiger partial charge in [-0.3, -0.25) is 14.3 Å². The second-order valence-corrected chi connectivity index (χ2v) is 7.41. The summed E-state index contributed by atoms with van der Waals surface area (Å²) in [6, 6.07) is 10.1. The molecule has 0 spiro atoms. The number of benzene rings is 1. The molecule has 1 aliphatic rings. The molecular weight excluding hydrogens is 392 g/mol. The van der Waals surface area contributed by atoms with Gasteiger partial charge in [0.15, 0.2) is 5.69 Å². The summed E-state index contributed by atoms with van der Waals surface area (Å²) in [5, 5.41) is 7.68. The van der Waals surface area contributed by atoms with Crippen molar-refractivity contribution in [1.82, 2.24) is 14.8 Å². The van der Waals surface area contributed by atoms with E-state index in [1.54, 1.807) is 46.8 Å². The number of anilines is 3. The van der Waals surface area contributed by atoms with Gasteiger partial charge in [0.25, 0.3) is 11.8 Å². The van der Waals surface area contributed by atoms with E-state index in [1.807, 2.05) is 6.92 Å². The maximum atomic E-state index is 13.2. The van der Waals surface area contributed by atoms with Gasteiger partial charge in [0.05, 0.1) is 17.9 Å². The highest BCUT2D eigenvalue weighted by Gasteiger charge is 2.34. The van der Waals surface area contributed by atoms with Crippen molar-refractivity contribution in [3.05, 3.63) is 64.6 Å². The van der Waals surface area contributed by atoms with Crippen LogP contribution in [-0.2, 0) is 0 Å². The topological polar surface area (TPSA) is 106 Å². The summed E-state index contributed by atoms with van der Waals surface area (Å²) >= 11 is 5.96. The third-order valence-corrected chi connectivity index (χ3v) is 4.98. The zero-order chi connectivity index (χ0) is 20.7. The van der Waals surface area contributed by atoms with Crippen LogP contribution in [0, 0.1) is 6.92 Å². The Bertz CT molecular complexity index is 1090. The molecule has 3 aromatic rings. The number of rotatable bonds is 3. The minimum Gasteiger partial charge on any atom is -0.384 e. The Morgan fingerprint density at radius 1 is 1.28 bits per heavy atom. The SMILES string of the molecule is Cc1cc(C(=O)Nc2cnn3c2C(=O)N(c2ccc(Cl)cc2)C[C@@H]3C)cc(N)n1. The van der Waals surface area contributed by atoms with Crippen LogP contribution in [-0.4, -0.2) is 33.1 Å². The highest BCUT2D eigenvalue weighted by Crippen LogP contribution is 2.30. The van der Waals surface area contributed by atoms with E-state index in [0.717, 1.165) is 5.69 Å². The van der Waals surface area contributed by atoms with Crippen LogP contribution in [0.3, 0.4) is 0 Å². The van der Waals surface area contributed by atoms with Gasteiger partial charge in [-0.15, -0.1) is 0 Å². The number of hydrogen-bond acceptors (Lipinski definition) is 5. The van der Waals surface area contributed by atoms with E-state index in [-0.39, 0.29) is 23.7 Å². The standard InChI is InChI=1S/C20H19ClN6O2/c1-11-7-13(8-17(22)24-11)19(28)25-16-9-23-27-12(2)10-26(20(29)18(16)27)15-5-3-14(21)4-6-15/h3-9,12H,10H2,1-2H3,(H2,22,24)(H,25,28)/t12-/m0/s1. The van der Waals surface area contributed by atoms with Gasteiger partial charge in [-0.1, -0.05) is 11.6 Å². The average molecular weight is 411 g/mol. The summed E-state index contributed by atoms with van der Waals surface area (Å²) in [7, 11) is 0. The van der Waals surface area contributed by atoms with Crippen molar-refractivity contribution < 1.29 is 9.59 Å². The summed E-state index contributed by atoms with van der Waals surface area (Å²) in [5.41, 5.74) is 8.13. The normalized spacial score (nSPS) is 15.9. The van der Waals surface area contributed by atoms with Crippen molar-refractivity contribution in [2.45, 2.75) is 19.9 Å². The molecule has 29 heavy (non-hydrogen) atoms. The molecule has 3 N–H and O–H groups in total. The number of aromatic nitrogens is 3. The van der Waals surface area contributed by atoms with Gasteiger partial charge in [-0.25, -0.2) is 4.98 Å². The summed E-state index contributed by atoms with van der Waals surface area (Å²) in [4.78, 5) is 31.6. The summed E-state index contributed by atoms with van der Waals surface area (Å²) in [6.07, 6.45) is 1.49. The Morgan fingerprint density at radius 3 is 2.69 bits per heavy atom. The van der Waals surface area contributed by atoms with Crippen LogP contribution in [0.4, 0.5) is 17.2 Å². The van der Waals surface area contributed by atoms with Gasteiger partial charge in [-0.05, 0) is 50.2 Å². The number of carbonyl (C=O) groups is 2. The Kier molecular flexibility index (Phi) is 4.71. The molecule has 148 valence electrons. The van der Waals surface area contributed by atoms with Crippen LogP contribution in [0.2, 0.25) is 5.02 Å². The molecule has 0 bridgehead atoms. The van der Waals surface area contributed by atoms with E-state index in [1.165, 1.54) is 12.3 Å². The number of nitrogens with two attached hydrogens (primary N) is 1. The molecule has 9 heteroatoms. The van der Waals surface area contributed by atoms with Crippen LogP contribution in [0.25, 0.3) is 0 Å². The molecule has 0 unspecified atom stereocenters. The van der Waals surface area contributed by atoms with Gasteiger partial charge < -0.3 is 16.0 Å². The number of nitrogen functional groups attached to an aromatic ring is 1. The van der Waals surface area contributed by atoms with Crippen molar-refractivity contribution in [3.8, 4) is 0 Å². The minimum atomic E-state index is -0.387. The lowest BCUT2D eigenvalue weighted by Gasteiger charge is -2.32. The highest BCUT2D eigenvalue weighted by atomic mass is 35.5. The third-order valence-electron chi connectivity index (χ3n) is 4.73. The number of aryl methyl sites for hydroxylation is 1. The Labute approximate surface area is 172 Å². The quantitative estimate of drug-likeness (QED) is 0.689. The molecule has 8 nitrogen and oxygen atoms in total. The van der Waals surface area contributed by atoms with Crippen LogP contribution >= 0.6 is 11.6 Å². The fourth-order valence-electron chi connectivity index (χ4n) is 3.42. The molecule has 0 fully saturated rings. The van der Waals surface area contributed by atoms with Crippen molar-refractivity contribution in [2.75, 3.05) is 22.5 Å². The smallest absolute Gasteiger partial charge is 0.278 e. The summed E-state index contributed by atoms with van der Waals surface area (Å²) in [6.45, 7) is 4.18. The zero-order valence-electron chi connectivity index (χ0n) is 15.9. The number of pyridine rings is 1. The number of amides is 2. The van der Waals surface area contributed by atoms with Crippen molar-refractivity contribution >= 4 is 40.6 Å². The molecule has 1 aromatic carbocycles. The molecular formula is C20H19ClN6O2. The van der Waals surface area contributed by atoms with Crippen molar-refractivity contribution in [3.63, 3.8) is 0 Å². The van der Waals surface area contributed by atoms with E-state index in [4.69, 9.17) is 17.3 Å². The molecule has 0 radical (unpaired) electrons. The second-order valence-electron chi connectivity index (χ2n) is 6.97. The number of fused-ring (bicyclic) bond motifs is 1. The minimum absolute atomic E-state index is 0.0668. The molecule has 0 saturated carbocycles. The number of nitrogens with zero attached hydrogens (tertiary/aromatic N) is 4. The van der Waals surface area contributed by atoms with E-state index >= 15 is 0 Å². The lowest BCUT2D eigenvalue weighted by molar-refractivity contribution is 0.0954. The zero-order valence-corrected chi connectivity index (χ0v) is 16.6. The van der Waals surface area contributed by atoms with Gasteiger partial charge in [0.2, 0.25) is 0 Å². The maximum Gasteiger partial charge on any atom is 0.278 e. The van der Waals surface area contributed by atoms with Crippen LogP contribution in [0.5, 0.6) is 0 Å².